The smallest absolute Gasteiger partial charge is 0.0184 e. The second kappa shape index (κ2) is 15.9. The van der Waals surface area contributed by atoms with Crippen LogP contribution in [0, 0.1) is 18.8 Å². The van der Waals surface area contributed by atoms with Crippen molar-refractivity contribution in [3.63, 3.8) is 0 Å². The summed E-state index contributed by atoms with van der Waals surface area (Å²) in [6.07, 6.45) is 8.15. The molecule has 3 aromatic carbocycles. The Hall–Kier alpha value is -2.86. The molecule has 0 saturated carbocycles. The molecule has 3 aromatic rings. The highest BCUT2D eigenvalue weighted by Crippen LogP contribution is 2.25. The summed E-state index contributed by atoms with van der Waals surface area (Å²) in [5.74, 6) is 1.45. The summed E-state index contributed by atoms with van der Waals surface area (Å²) in [6, 6.07) is 27.9. The van der Waals surface area contributed by atoms with Crippen LogP contribution in [0.4, 0.5) is 0 Å². The molecule has 0 N–H and O–H groups in total. The van der Waals surface area contributed by atoms with Crippen LogP contribution in [0.5, 0.6) is 0 Å². The van der Waals surface area contributed by atoms with Gasteiger partial charge in [0.2, 0.25) is 0 Å². The van der Waals surface area contributed by atoms with Crippen LogP contribution in [-0.4, -0.2) is 0 Å². The lowest BCUT2D eigenvalue weighted by Crippen LogP contribution is -1.98. The molecule has 0 heteroatoms. The molecular weight excluding hydrogens is 396 g/mol. The van der Waals surface area contributed by atoms with E-state index in [2.05, 4.69) is 119 Å². The van der Waals surface area contributed by atoms with E-state index >= 15 is 0 Å². The Morgan fingerprint density at radius 3 is 1.45 bits per heavy atom. The lowest BCUT2D eigenvalue weighted by atomic mass is 9.93. The minimum atomic E-state index is 0.698. The predicted octanol–water partition coefficient (Wildman–Crippen LogP) is 10.5. The summed E-state index contributed by atoms with van der Waals surface area (Å²) >= 11 is 0. The van der Waals surface area contributed by atoms with E-state index in [0.717, 1.165) is 5.92 Å². The van der Waals surface area contributed by atoms with Crippen molar-refractivity contribution in [3.05, 3.63) is 108 Å². The van der Waals surface area contributed by atoms with Gasteiger partial charge < -0.3 is 0 Å². The largest absolute Gasteiger partial charge is 0.0811 e. The van der Waals surface area contributed by atoms with Crippen LogP contribution in [0.15, 0.2) is 103 Å². The van der Waals surface area contributed by atoms with E-state index in [9.17, 15) is 0 Å². The highest BCUT2D eigenvalue weighted by Gasteiger charge is 2.05. The van der Waals surface area contributed by atoms with E-state index in [1.807, 2.05) is 33.8 Å². The maximum absolute atomic E-state index is 2.36. The van der Waals surface area contributed by atoms with Gasteiger partial charge in [0.15, 0.2) is 0 Å². The molecule has 0 saturated heterocycles. The molecule has 1 aliphatic carbocycles. The molecule has 0 fully saturated rings. The Labute approximate surface area is 204 Å². The molecule has 33 heavy (non-hydrogen) atoms. The molecule has 0 aliphatic heterocycles. The highest BCUT2D eigenvalue weighted by atomic mass is 14.1. The summed E-state index contributed by atoms with van der Waals surface area (Å²) in [5, 5.41) is 0. The molecule has 0 bridgehead atoms. The monoisotopic (exact) mass is 440 g/mol. The lowest BCUT2D eigenvalue weighted by molar-refractivity contribution is 0.698. The summed E-state index contributed by atoms with van der Waals surface area (Å²) in [7, 11) is 0. The number of allylic oxidation sites excluding steroid dienone is 4. The average molecular weight is 441 g/mol. The van der Waals surface area contributed by atoms with Crippen molar-refractivity contribution >= 4 is 0 Å². The van der Waals surface area contributed by atoms with Crippen LogP contribution in [0.25, 0.3) is 22.3 Å². The molecule has 1 aliphatic rings. The molecule has 0 spiro atoms. The third kappa shape index (κ3) is 9.66. The van der Waals surface area contributed by atoms with E-state index in [1.54, 1.807) is 0 Å². The van der Waals surface area contributed by atoms with Crippen LogP contribution in [0.1, 0.15) is 60.5 Å². The zero-order valence-electron chi connectivity index (χ0n) is 22.1. The van der Waals surface area contributed by atoms with Gasteiger partial charge in [0, 0.05) is 0 Å². The maximum atomic E-state index is 2.36. The zero-order valence-corrected chi connectivity index (χ0v) is 22.1. The van der Waals surface area contributed by atoms with Gasteiger partial charge in [0.25, 0.3) is 0 Å². The molecule has 1 unspecified atom stereocenters. The van der Waals surface area contributed by atoms with Crippen molar-refractivity contribution < 1.29 is 0 Å². The first kappa shape index (κ1) is 28.2. The number of aryl methyl sites for hydroxylation is 1. The third-order valence-corrected chi connectivity index (χ3v) is 5.39. The number of hydrogen-bond donors (Lipinski definition) is 0. The van der Waals surface area contributed by atoms with Gasteiger partial charge in [-0.15, -0.1) is 0 Å². The van der Waals surface area contributed by atoms with Crippen molar-refractivity contribution in [2.75, 3.05) is 0 Å². The first-order valence-electron chi connectivity index (χ1n) is 12.6. The Kier molecular flexibility index (Phi) is 13.5. The molecule has 176 valence electrons. The van der Waals surface area contributed by atoms with Crippen molar-refractivity contribution in [2.24, 2.45) is 11.8 Å². The molecular formula is C33H44. The van der Waals surface area contributed by atoms with Gasteiger partial charge in [-0.3, -0.25) is 0 Å². The van der Waals surface area contributed by atoms with Crippen molar-refractivity contribution in [2.45, 2.75) is 61.8 Å². The standard InChI is InChI=1S/C19H16.C10H16.2C2H6/c1-15-7-9-17(10-8-15)19-13-11-18(12-14-19)16-5-3-2-4-6-16;1-8(2)10-6-4-9(3)5-7-10;2*1-2/h2-14H,1H3;4,6-9H,5H2,1-3H3;2*1-2H3. The summed E-state index contributed by atoms with van der Waals surface area (Å²) in [5.41, 5.74) is 7.85. The molecule has 1 atom stereocenters. The second-order valence-electron chi connectivity index (χ2n) is 8.24. The van der Waals surface area contributed by atoms with Crippen LogP contribution < -0.4 is 0 Å². The van der Waals surface area contributed by atoms with E-state index < -0.39 is 0 Å². The Balaban J connectivity index is 0.000000330. The maximum Gasteiger partial charge on any atom is -0.0184 e. The second-order valence-corrected chi connectivity index (χ2v) is 8.24. The minimum Gasteiger partial charge on any atom is -0.0811 e. The fourth-order valence-corrected chi connectivity index (χ4v) is 3.40. The number of benzene rings is 3. The van der Waals surface area contributed by atoms with Crippen molar-refractivity contribution in [1.29, 1.82) is 0 Å². The van der Waals surface area contributed by atoms with Gasteiger partial charge in [0.05, 0.1) is 0 Å². The molecule has 0 heterocycles. The first-order chi connectivity index (χ1) is 16.0. The van der Waals surface area contributed by atoms with Crippen LogP contribution >= 0.6 is 0 Å². The third-order valence-electron chi connectivity index (χ3n) is 5.39. The van der Waals surface area contributed by atoms with Gasteiger partial charge >= 0.3 is 0 Å². The van der Waals surface area contributed by atoms with Gasteiger partial charge in [-0.05, 0) is 53.0 Å². The van der Waals surface area contributed by atoms with Crippen molar-refractivity contribution in [3.8, 4) is 22.3 Å². The SMILES string of the molecule is CC.CC.CC1C=CC(C(C)C)=CC1.Cc1ccc(-c2ccc(-c3ccccc3)cc2)cc1. The van der Waals surface area contributed by atoms with Gasteiger partial charge in [0.1, 0.15) is 0 Å². The molecule has 0 radical (unpaired) electrons. The highest BCUT2D eigenvalue weighted by molar-refractivity contribution is 5.70. The predicted molar refractivity (Wildman–Crippen MR) is 151 cm³/mol. The van der Waals surface area contributed by atoms with E-state index in [-0.39, 0.29) is 0 Å². The zero-order chi connectivity index (χ0) is 24.6. The van der Waals surface area contributed by atoms with Crippen LogP contribution in [0.2, 0.25) is 0 Å². The minimum absolute atomic E-state index is 0.698. The Morgan fingerprint density at radius 1 is 0.636 bits per heavy atom. The lowest BCUT2D eigenvalue weighted by Gasteiger charge is -2.13. The Bertz CT molecular complexity index is 939. The summed E-state index contributed by atoms with van der Waals surface area (Å²) < 4.78 is 0. The summed E-state index contributed by atoms with van der Waals surface area (Å²) in [4.78, 5) is 0. The molecule has 0 nitrogen and oxygen atoms in total. The molecule has 0 aromatic heterocycles. The summed E-state index contributed by atoms with van der Waals surface area (Å²) in [6.45, 7) is 16.9. The van der Waals surface area contributed by atoms with Gasteiger partial charge in [-0.2, -0.15) is 0 Å². The average Bonchev–Trinajstić information content (AvgIpc) is 2.88. The van der Waals surface area contributed by atoms with Gasteiger partial charge in [-0.25, -0.2) is 0 Å². The van der Waals surface area contributed by atoms with E-state index in [1.165, 1.54) is 39.8 Å². The normalized spacial score (nSPS) is 14.0. The fraction of sp³-hybridized carbons (Fsp3) is 0.333. The van der Waals surface area contributed by atoms with E-state index in [0.29, 0.717) is 5.92 Å². The van der Waals surface area contributed by atoms with Crippen molar-refractivity contribution in [1.82, 2.24) is 0 Å². The Morgan fingerprint density at radius 2 is 1.06 bits per heavy atom. The van der Waals surface area contributed by atoms with E-state index in [4.69, 9.17) is 0 Å². The number of hydrogen-bond acceptors (Lipinski definition) is 0. The quantitative estimate of drug-likeness (QED) is 0.380. The first-order valence-corrected chi connectivity index (χ1v) is 12.6. The molecule has 0 amide bonds. The van der Waals surface area contributed by atoms with Crippen LogP contribution in [-0.2, 0) is 0 Å². The van der Waals surface area contributed by atoms with Crippen LogP contribution in [0.3, 0.4) is 0 Å². The topological polar surface area (TPSA) is 0 Å². The number of rotatable bonds is 3. The van der Waals surface area contributed by atoms with Gasteiger partial charge in [-0.1, -0.05) is 151 Å². The fourth-order valence-electron chi connectivity index (χ4n) is 3.40. The molecule has 4 rings (SSSR count).